The summed E-state index contributed by atoms with van der Waals surface area (Å²) in [6.45, 7) is 11.5. The summed E-state index contributed by atoms with van der Waals surface area (Å²) in [5, 5.41) is 0. The van der Waals surface area contributed by atoms with E-state index in [1.165, 1.54) is 38.3 Å². The molecule has 120 valence electrons. The Hall–Kier alpha value is -1.42. The van der Waals surface area contributed by atoms with Crippen molar-refractivity contribution in [3.05, 3.63) is 24.2 Å². The second-order valence-electron chi connectivity index (χ2n) is 6.96. The van der Waals surface area contributed by atoms with Crippen molar-refractivity contribution in [3.8, 4) is 0 Å². The maximum absolute atomic E-state index is 4.84. The third-order valence-electron chi connectivity index (χ3n) is 4.77. The molecule has 0 aliphatic carbocycles. The lowest BCUT2D eigenvalue weighted by atomic mass is 9.96. The molecule has 0 unspecified atom stereocenters. The van der Waals surface area contributed by atoms with Gasteiger partial charge in [0.05, 0.1) is 0 Å². The lowest BCUT2D eigenvalue weighted by Crippen LogP contribution is -2.35. The van der Waals surface area contributed by atoms with E-state index in [2.05, 4.69) is 41.3 Å². The highest BCUT2D eigenvalue weighted by molar-refractivity contribution is 5.71. The fourth-order valence-electron chi connectivity index (χ4n) is 3.46. The molecule has 2 aromatic heterocycles. The standard InChI is InChI=1S/C18H28N4/c1-4-21-10-7-15(8-11-21)13-22-17(12-14(2)3)20-16-6-5-9-19-18(16)22/h5-6,9,14-15H,4,7-8,10-13H2,1-3H3. The van der Waals surface area contributed by atoms with E-state index in [-0.39, 0.29) is 0 Å². The van der Waals surface area contributed by atoms with Crippen molar-refractivity contribution in [2.45, 2.75) is 46.6 Å². The zero-order valence-electron chi connectivity index (χ0n) is 14.1. The molecule has 0 atom stereocenters. The molecule has 3 rings (SSSR count). The van der Waals surface area contributed by atoms with Gasteiger partial charge in [0.1, 0.15) is 11.3 Å². The number of hydrogen-bond acceptors (Lipinski definition) is 3. The highest BCUT2D eigenvalue weighted by atomic mass is 15.1. The maximum Gasteiger partial charge on any atom is 0.159 e. The lowest BCUT2D eigenvalue weighted by molar-refractivity contribution is 0.181. The Labute approximate surface area is 133 Å². The van der Waals surface area contributed by atoms with Crippen molar-refractivity contribution in [1.29, 1.82) is 0 Å². The highest BCUT2D eigenvalue weighted by Crippen LogP contribution is 2.23. The summed E-state index contributed by atoms with van der Waals surface area (Å²) in [6.07, 6.45) is 5.51. The summed E-state index contributed by atoms with van der Waals surface area (Å²) in [5.41, 5.74) is 2.11. The summed E-state index contributed by atoms with van der Waals surface area (Å²) in [6, 6.07) is 4.07. The number of aromatic nitrogens is 3. The predicted octanol–water partition coefficient (Wildman–Crippen LogP) is 3.36. The molecule has 1 fully saturated rings. The van der Waals surface area contributed by atoms with Crippen LogP contribution in [0.2, 0.25) is 0 Å². The minimum absolute atomic E-state index is 0.623. The second kappa shape index (κ2) is 6.78. The van der Waals surface area contributed by atoms with E-state index in [1.807, 2.05) is 12.3 Å². The van der Waals surface area contributed by atoms with Gasteiger partial charge in [0, 0.05) is 19.2 Å². The van der Waals surface area contributed by atoms with Gasteiger partial charge in [0.2, 0.25) is 0 Å². The van der Waals surface area contributed by atoms with Crippen LogP contribution in [0.3, 0.4) is 0 Å². The summed E-state index contributed by atoms with van der Waals surface area (Å²) in [7, 11) is 0. The van der Waals surface area contributed by atoms with Crippen LogP contribution in [0.4, 0.5) is 0 Å². The Balaban J connectivity index is 1.82. The molecule has 3 heterocycles. The zero-order valence-corrected chi connectivity index (χ0v) is 14.1. The zero-order chi connectivity index (χ0) is 15.5. The maximum atomic E-state index is 4.84. The summed E-state index contributed by atoms with van der Waals surface area (Å²) >= 11 is 0. The molecule has 0 N–H and O–H groups in total. The first-order valence-corrected chi connectivity index (χ1v) is 8.69. The van der Waals surface area contributed by atoms with Crippen LogP contribution >= 0.6 is 0 Å². The summed E-state index contributed by atoms with van der Waals surface area (Å²) < 4.78 is 2.39. The fraction of sp³-hybridized carbons (Fsp3) is 0.667. The van der Waals surface area contributed by atoms with E-state index in [0.29, 0.717) is 5.92 Å². The number of hydrogen-bond donors (Lipinski definition) is 0. The van der Waals surface area contributed by atoms with Crippen LogP contribution in [0.5, 0.6) is 0 Å². The fourth-order valence-corrected chi connectivity index (χ4v) is 3.46. The van der Waals surface area contributed by atoms with Gasteiger partial charge in [-0.15, -0.1) is 0 Å². The van der Waals surface area contributed by atoms with Crippen molar-refractivity contribution in [2.24, 2.45) is 11.8 Å². The number of imidazole rings is 1. The Morgan fingerprint density at radius 1 is 1.27 bits per heavy atom. The Bertz CT molecular complexity index is 609. The van der Waals surface area contributed by atoms with Gasteiger partial charge < -0.3 is 9.47 Å². The van der Waals surface area contributed by atoms with E-state index < -0.39 is 0 Å². The van der Waals surface area contributed by atoms with Gasteiger partial charge in [-0.3, -0.25) is 0 Å². The van der Waals surface area contributed by atoms with Crippen molar-refractivity contribution < 1.29 is 0 Å². The van der Waals surface area contributed by atoms with E-state index in [0.717, 1.165) is 30.0 Å². The van der Waals surface area contributed by atoms with Gasteiger partial charge in [0.15, 0.2) is 5.65 Å². The summed E-state index contributed by atoms with van der Waals surface area (Å²) in [4.78, 5) is 12.0. The molecule has 0 amide bonds. The number of fused-ring (bicyclic) bond motifs is 1. The van der Waals surface area contributed by atoms with Crippen molar-refractivity contribution >= 4 is 11.2 Å². The second-order valence-corrected chi connectivity index (χ2v) is 6.96. The van der Waals surface area contributed by atoms with Gasteiger partial charge in [-0.25, -0.2) is 9.97 Å². The molecule has 0 saturated carbocycles. The van der Waals surface area contributed by atoms with Gasteiger partial charge in [0.25, 0.3) is 0 Å². The Morgan fingerprint density at radius 2 is 2.05 bits per heavy atom. The number of pyridine rings is 1. The molecular formula is C18H28N4. The van der Waals surface area contributed by atoms with Crippen LogP contribution in [-0.4, -0.2) is 39.1 Å². The SMILES string of the molecule is CCN1CCC(Cn2c(CC(C)C)nc3cccnc32)CC1. The minimum Gasteiger partial charge on any atom is -0.312 e. The molecule has 1 aliphatic rings. The quantitative estimate of drug-likeness (QED) is 0.849. The van der Waals surface area contributed by atoms with Crippen LogP contribution in [-0.2, 0) is 13.0 Å². The lowest BCUT2D eigenvalue weighted by Gasteiger charge is -2.31. The van der Waals surface area contributed by atoms with Crippen LogP contribution in [0.25, 0.3) is 11.2 Å². The molecule has 1 saturated heterocycles. The number of piperidine rings is 1. The van der Waals surface area contributed by atoms with E-state index >= 15 is 0 Å². The van der Waals surface area contributed by atoms with Gasteiger partial charge in [-0.05, 0) is 56.4 Å². The predicted molar refractivity (Wildman–Crippen MR) is 90.9 cm³/mol. The van der Waals surface area contributed by atoms with Gasteiger partial charge >= 0.3 is 0 Å². The Morgan fingerprint density at radius 3 is 2.73 bits per heavy atom. The molecule has 0 aromatic carbocycles. The normalized spacial score (nSPS) is 17.6. The van der Waals surface area contributed by atoms with E-state index in [1.54, 1.807) is 0 Å². The molecule has 0 radical (unpaired) electrons. The Kier molecular flexibility index (Phi) is 4.77. The molecule has 4 heteroatoms. The molecule has 4 nitrogen and oxygen atoms in total. The minimum atomic E-state index is 0.623. The van der Waals surface area contributed by atoms with Crippen LogP contribution < -0.4 is 0 Å². The molecule has 0 bridgehead atoms. The first-order valence-electron chi connectivity index (χ1n) is 8.69. The average Bonchev–Trinajstić information content (AvgIpc) is 2.85. The molecule has 2 aromatic rings. The molecule has 22 heavy (non-hydrogen) atoms. The van der Waals surface area contributed by atoms with Gasteiger partial charge in [-0.2, -0.15) is 0 Å². The van der Waals surface area contributed by atoms with Crippen molar-refractivity contribution in [2.75, 3.05) is 19.6 Å². The number of nitrogens with zero attached hydrogens (tertiary/aromatic N) is 4. The van der Waals surface area contributed by atoms with Gasteiger partial charge in [-0.1, -0.05) is 20.8 Å². The smallest absolute Gasteiger partial charge is 0.159 e. The molecule has 1 aliphatic heterocycles. The number of rotatable bonds is 5. The summed E-state index contributed by atoms with van der Waals surface area (Å²) in [5.74, 6) is 2.59. The third kappa shape index (κ3) is 3.32. The number of likely N-dealkylation sites (tertiary alicyclic amines) is 1. The van der Waals surface area contributed by atoms with E-state index in [9.17, 15) is 0 Å². The van der Waals surface area contributed by atoms with Crippen LogP contribution in [0.15, 0.2) is 18.3 Å². The van der Waals surface area contributed by atoms with E-state index in [4.69, 9.17) is 4.98 Å². The first-order chi connectivity index (χ1) is 10.7. The van der Waals surface area contributed by atoms with Crippen molar-refractivity contribution in [3.63, 3.8) is 0 Å². The topological polar surface area (TPSA) is 34.0 Å². The van der Waals surface area contributed by atoms with Crippen LogP contribution in [0.1, 0.15) is 39.4 Å². The monoisotopic (exact) mass is 300 g/mol. The average molecular weight is 300 g/mol. The molecule has 0 spiro atoms. The largest absolute Gasteiger partial charge is 0.312 e. The third-order valence-corrected chi connectivity index (χ3v) is 4.77. The van der Waals surface area contributed by atoms with Crippen LogP contribution in [0, 0.1) is 11.8 Å². The van der Waals surface area contributed by atoms with Crippen molar-refractivity contribution in [1.82, 2.24) is 19.4 Å². The first kappa shape index (κ1) is 15.5. The highest BCUT2D eigenvalue weighted by Gasteiger charge is 2.21. The molecular weight excluding hydrogens is 272 g/mol.